The molecule has 3 N–H and O–H groups in total. The number of nitrogens with zero attached hydrogens (tertiary/aromatic N) is 2. The van der Waals surface area contributed by atoms with E-state index >= 15 is 0 Å². The molecule has 0 saturated carbocycles. The Bertz CT molecular complexity index is 817. The number of carbonyl (C=O) groups is 2. The molecule has 0 unspecified atom stereocenters. The van der Waals surface area contributed by atoms with E-state index in [1.165, 1.54) is 6.07 Å². The van der Waals surface area contributed by atoms with Crippen LogP contribution in [-0.4, -0.2) is 48.9 Å². The third-order valence-corrected chi connectivity index (χ3v) is 4.87. The molecule has 0 bridgehead atoms. The fraction of sp³-hybridized carbons (Fsp3) is 0.300. The minimum atomic E-state index is -0.506. The molecule has 0 radical (unpaired) electrons. The van der Waals surface area contributed by atoms with E-state index in [-0.39, 0.29) is 17.8 Å². The summed E-state index contributed by atoms with van der Waals surface area (Å²) in [5.41, 5.74) is 6.82. The van der Waals surface area contributed by atoms with Crippen LogP contribution < -0.4 is 16.0 Å². The summed E-state index contributed by atoms with van der Waals surface area (Å²) in [6, 6.07) is 12.9. The standard InChI is InChI=1S/C20H23FN4O2/c1-14(20(27)23-16-8-6-15(7-9-16)19(22)26)24-10-12-25(13-11-24)18-5-3-2-4-17(18)21/h2-9,14H,10-13H2,1H3,(H2,22,26)(H,23,27)/t14-/m0/s1. The van der Waals surface area contributed by atoms with Gasteiger partial charge >= 0.3 is 0 Å². The van der Waals surface area contributed by atoms with E-state index in [0.717, 1.165) is 0 Å². The number of benzene rings is 2. The second kappa shape index (κ2) is 8.18. The van der Waals surface area contributed by atoms with Crippen LogP contribution in [0.2, 0.25) is 0 Å². The Morgan fingerprint density at radius 2 is 1.67 bits per heavy atom. The first-order chi connectivity index (χ1) is 13.0. The quantitative estimate of drug-likeness (QED) is 0.845. The smallest absolute Gasteiger partial charge is 0.248 e. The van der Waals surface area contributed by atoms with Crippen molar-refractivity contribution in [3.63, 3.8) is 0 Å². The fourth-order valence-corrected chi connectivity index (χ4v) is 3.19. The number of rotatable bonds is 5. The molecule has 7 heteroatoms. The SMILES string of the molecule is C[C@@H](C(=O)Nc1ccc(C(N)=O)cc1)N1CCN(c2ccccc2F)CC1. The van der Waals surface area contributed by atoms with Gasteiger partial charge in [0.25, 0.3) is 0 Å². The molecular weight excluding hydrogens is 347 g/mol. The molecule has 142 valence electrons. The molecule has 3 rings (SSSR count). The van der Waals surface area contributed by atoms with E-state index in [4.69, 9.17) is 5.73 Å². The van der Waals surface area contributed by atoms with Gasteiger partial charge in [0, 0.05) is 37.4 Å². The number of hydrogen-bond acceptors (Lipinski definition) is 4. The third-order valence-electron chi connectivity index (χ3n) is 4.87. The Hall–Kier alpha value is -2.93. The van der Waals surface area contributed by atoms with Crippen LogP contribution in [-0.2, 0) is 4.79 Å². The molecule has 2 amide bonds. The first kappa shape index (κ1) is 18.8. The molecule has 6 nitrogen and oxygen atoms in total. The summed E-state index contributed by atoms with van der Waals surface area (Å²) < 4.78 is 13.9. The predicted molar refractivity (Wildman–Crippen MR) is 103 cm³/mol. The van der Waals surface area contributed by atoms with Gasteiger partial charge in [0.15, 0.2) is 0 Å². The minimum Gasteiger partial charge on any atom is -0.367 e. The highest BCUT2D eigenvalue weighted by Gasteiger charge is 2.26. The van der Waals surface area contributed by atoms with E-state index in [0.29, 0.717) is 43.1 Å². The van der Waals surface area contributed by atoms with Crippen molar-refractivity contribution in [2.75, 3.05) is 36.4 Å². The van der Waals surface area contributed by atoms with E-state index in [9.17, 15) is 14.0 Å². The van der Waals surface area contributed by atoms with Crippen molar-refractivity contribution < 1.29 is 14.0 Å². The Morgan fingerprint density at radius 1 is 1.04 bits per heavy atom. The summed E-state index contributed by atoms with van der Waals surface area (Å²) in [4.78, 5) is 27.7. The zero-order chi connectivity index (χ0) is 19.4. The lowest BCUT2D eigenvalue weighted by atomic mass is 10.1. The lowest BCUT2D eigenvalue weighted by Gasteiger charge is -2.38. The van der Waals surface area contributed by atoms with Crippen LogP contribution in [0, 0.1) is 5.82 Å². The number of para-hydroxylation sites is 1. The van der Waals surface area contributed by atoms with Gasteiger partial charge < -0.3 is 16.0 Å². The number of amides is 2. The average molecular weight is 370 g/mol. The Morgan fingerprint density at radius 3 is 2.26 bits per heavy atom. The molecule has 2 aromatic rings. The van der Waals surface area contributed by atoms with Crippen LogP contribution in [0.1, 0.15) is 17.3 Å². The molecular formula is C20H23FN4O2. The number of carbonyl (C=O) groups excluding carboxylic acids is 2. The second-order valence-electron chi connectivity index (χ2n) is 6.58. The van der Waals surface area contributed by atoms with E-state index in [2.05, 4.69) is 10.2 Å². The van der Waals surface area contributed by atoms with Gasteiger partial charge in [0.05, 0.1) is 11.7 Å². The van der Waals surface area contributed by atoms with Crippen LogP contribution in [0.3, 0.4) is 0 Å². The molecule has 27 heavy (non-hydrogen) atoms. The van der Waals surface area contributed by atoms with E-state index < -0.39 is 5.91 Å². The number of halogens is 1. The number of nitrogens with one attached hydrogen (secondary N) is 1. The summed E-state index contributed by atoms with van der Waals surface area (Å²) in [7, 11) is 0. The van der Waals surface area contributed by atoms with Crippen LogP contribution in [0.15, 0.2) is 48.5 Å². The van der Waals surface area contributed by atoms with Crippen molar-refractivity contribution >= 4 is 23.2 Å². The summed E-state index contributed by atoms with van der Waals surface area (Å²) in [5, 5.41) is 2.85. The number of hydrogen-bond donors (Lipinski definition) is 2. The zero-order valence-corrected chi connectivity index (χ0v) is 15.2. The van der Waals surface area contributed by atoms with Gasteiger partial charge in [-0.3, -0.25) is 14.5 Å². The maximum absolute atomic E-state index is 13.9. The largest absolute Gasteiger partial charge is 0.367 e. The normalized spacial score (nSPS) is 16.0. The first-order valence-electron chi connectivity index (χ1n) is 8.90. The fourth-order valence-electron chi connectivity index (χ4n) is 3.19. The van der Waals surface area contributed by atoms with Crippen LogP contribution >= 0.6 is 0 Å². The maximum Gasteiger partial charge on any atom is 0.248 e. The topological polar surface area (TPSA) is 78.7 Å². The van der Waals surface area contributed by atoms with Gasteiger partial charge in [0.2, 0.25) is 11.8 Å². The van der Waals surface area contributed by atoms with Crippen molar-refractivity contribution in [3.05, 3.63) is 59.9 Å². The van der Waals surface area contributed by atoms with Gasteiger partial charge in [-0.15, -0.1) is 0 Å². The van der Waals surface area contributed by atoms with Gasteiger partial charge in [-0.25, -0.2) is 4.39 Å². The third kappa shape index (κ3) is 4.43. The molecule has 1 fully saturated rings. The predicted octanol–water partition coefficient (Wildman–Crippen LogP) is 2.07. The molecule has 1 saturated heterocycles. The average Bonchev–Trinajstić information content (AvgIpc) is 2.68. The Labute approximate surface area is 157 Å². The molecule has 0 spiro atoms. The number of nitrogens with two attached hydrogens (primary N) is 1. The van der Waals surface area contributed by atoms with E-state index in [1.807, 2.05) is 17.9 Å². The van der Waals surface area contributed by atoms with Gasteiger partial charge in [-0.1, -0.05) is 12.1 Å². The van der Waals surface area contributed by atoms with Gasteiger partial charge in [-0.2, -0.15) is 0 Å². The monoisotopic (exact) mass is 370 g/mol. The highest BCUT2D eigenvalue weighted by molar-refractivity contribution is 5.96. The molecule has 2 aromatic carbocycles. The van der Waals surface area contributed by atoms with Crippen LogP contribution in [0.4, 0.5) is 15.8 Å². The first-order valence-corrected chi connectivity index (χ1v) is 8.90. The summed E-state index contributed by atoms with van der Waals surface area (Å²) >= 11 is 0. The zero-order valence-electron chi connectivity index (χ0n) is 15.2. The van der Waals surface area contributed by atoms with Crippen molar-refractivity contribution in [2.45, 2.75) is 13.0 Å². The highest BCUT2D eigenvalue weighted by atomic mass is 19.1. The number of anilines is 2. The number of piperazine rings is 1. The van der Waals surface area contributed by atoms with Crippen molar-refractivity contribution in [2.24, 2.45) is 5.73 Å². The van der Waals surface area contributed by atoms with E-state index in [1.54, 1.807) is 36.4 Å². The lowest BCUT2D eigenvalue weighted by molar-refractivity contribution is -0.120. The van der Waals surface area contributed by atoms with Crippen molar-refractivity contribution in [3.8, 4) is 0 Å². The van der Waals surface area contributed by atoms with Crippen LogP contribution in [0.25, 0.3) is 0 Å². The highest BCUT2D eigenvalue weighted by Crippen LogP contribution is 2.21. The summed E-state index contributed by atoms with van der Waals surface area (Å²) in [6.45, 7) is 4.51. The Kier molecular flexibility index (Phi) is 5.71. The minimum absolute atomic E-state index is 0.124. The molecule has 0 aliphatic carbocycles. The lowest BCUT2D eigenvalue weighted by Crippen LogP contribution is -2.53. The van der Waals surface area contributed by atoms with Crippen molar-refractivity contribution in [1.82, 2.24) is 4.90 Å². The molecule has 0 aromatic heterocycles. The summed E-state index contributed by atoms with van der Waals surface area (Å²) in [6.07, 6.45) is 0. The van der Waals surface area contributed by atoms with Crippen LogP contribution in [0.5, 0.6) is 0 Å². The van der Waals surface area contributed by atoms with Gasteiger partial charge in [0.1, 0.15) is 5.82 Å². The maximum atomic E-state index is 13.9. The van der Waals surface area contributed by atoms with Crippen molar-refractivity contribution in [1.29, 1.82) is 0 Å². The van der Waals surface area contributed by atoms with Gasteiger partial charge in [-0.05, 0) is 43.3 Å². The molecule has 1 aliphatic heterocycles. The molecule has 1 heterocycles. The molecule has 1 aliphatic rings. The number of primary amides is 1. The molecule has 1 atom stereocenters. The summed E-state index contributed by atoms with van der Waals surface area (Å²) in [5.74, 6) is -0.855. The Balaban J connectivity index is 1.55. The second-order valence-corrected chi connectivity index (χ2v) is 6.58.